The lowest BCUT2D eigenvalue weighted by Gasteiger charge is -2.24. The van der Waals surface area contributed by atoms with Crippen LogP contribution in [0.4, 0.5) is 5.69 Å². The Kier molecular flexibility index (Phi) is 4.53. The molecule has 1 saturated heterocycles. The van der Waals surface area contributed by atoms with Gasteiger partial charge in [0.25, 0.3) is 0 Å². The maximum Gasteiger partial charge on any atom is 0.226 e. The Labute approximate surface area is 112 Å². The lowest BCUT2D eigenvalue weighted by atomic mass is 9.98. The van der Waals surface area contributed by atoms with E-state index in [2.05, 4.69) is 0 Å². The summed E-state index contributed by atoms with van der Waals surface area (Å²) in [5.74, 6) is 3.29. The molecule has 1 aromatic carbocycles. The Bertz CT molecular complexity index is 399. The molecule has 0 saturated carbocycles. The van der Waals surface area contributed by atoms with Gasteiger partial charge in [-0.1, -0.05) is 0 Å². The summed E-state index contributed by atoms with van der Waals surface area (Å²) < 4.78 is 0. The fourth-order valence-corrected chi connectivity index (χ4v) is 3.36. The van der Waals surface area contributed by atoms with Crippen molar-refractivity contribution in [3.63, 3.8) is 0 Å². The number of amides is 1. The predicted octanol–water partition coefficient (Wildman–Crippen LogP) is 2.89. The third-order valence-corrected chi connectivity index (χ3v) is 4.46. The number of carbonyl (C=O) groups is 1. The Balaban J connectivity index is 1.93. The van der Waals surface area contributed by atoms with Gasteiger partial charge < -0.3 is 10.0 Å². The fourth-order valence-electron chi connectivity index (χ4n) is 2.15. The number of phenols is 1. The van der Waals surface area contributed by atoms with Gasteiger partial charge in [0.1, 0.15) is 5.75 Å². The minimum Gasteiger partial charge on any atom is -0.508 e. The highest BCUT2D eigenvalue weighted by atomic mass is 32.2. The van der Waals surface area contributed by atoms with E-state index in [1.165, 1.54) is 11.5 Å². The first kappa shape index (κ1) is 13.3. The maximum atomic E-state index is 12.2. The van der Waals surface area contributed by atoms with E-state index in [-0.39, 0.29) is 11.7 Å². The summed E-state index contributed by atoms with van der Waals surface area (Å²) in [5.41, 5.74) is 0.836. The van der Waals surface area contributed by atoms with Crippen molar-refractivity contribution < 1.29 is 9.90 Å². The van der Waals surface area contributed by atoms with Gasteiger partial charge in [0.05, 0.1) is 0 Å². The first-order valence-electron chi connectivity index (χ1n) is 6.30. The molecule has 2 rings (SSSR count). The van der Waals surface area contributed by atoms with Crippen LogP contribution >= 0.6 is 11.8 Å². The fraction of sp³-hybridized carbons (Fsp3) is 0.500. The molecule has 0 aliphatic carbocycles. The Morgan fingerprint density at radius 2 is 1.94 bits per heavy atom. The number of phenolic OH excluding ortho intramolecular Hbond substituents is 1. The van der Waals surface area contributed by atoms with Crippen LogP contribution in [0, 0.1) is 5.92 Å². The van der Waals surface area contributed by atoms with Crippen molar-refractivity contribution in [3.05, 3.63) is 24.3 Å². The average Bonchev–Trinajstić information content (AvgIpc) is 2.40. The molecule has 1 heterocycles. The predicted molar refractivity (Wildman–Crippen MR) is 76.2 cm³/mol. The lowest BCUT2D eigenvalue weighted by molar-refractivity contribution is -0.119. The van der Waals surface area contributed by atoms with Crippen molar-refractivity contribution in [2.75, 3.05) is 23.5 Å². The second-order valence-corrected chi connectivity index (χ2v) is 5.95. The minimum absolute atomic E-state index is 0.164. The van der Waals surface area contributed by atoms with Crippen molar-refractivity contribution >= 4 is 23.4 Å². The Morgan fingerprint density at radius 1 is 1.33 bits per heavy atom. The molecule has 1 aromatic rings. The van der Waals surface area contributed by atoms with Crippen LogP contribution in [-0.4, -0.2) is 29.6 Å². The molecule has 0 unspecified atom stereocenters. The van der Waals surface area contributed by atoms with E-state index in [9.17, 15) is 9.90 Å². The monoisotopic (exact) mass is 265 g/mol. The van der Waals surface area contributed by atoms with Crippen molar-refractivity contribution in [1.29, 1.82) is 0 Å². The highest BCUT2D eigenvalue weighted by Gasteiger charge is 2.20. The zero-order valence-electron chi connectivity index (χ0n) is 10.6. The van der Waals surface area contributed by atoms with Crippen LogP contribution < -0.4 is 4.90 Å². The van der Waals surface area contributed by atoms with Gasteiger partial charge in [-0.15, -0.1) is 0 Å². The van der Waals surface area contributed by atoms with Crippen LogP contribution in [0.25, 0.3) is 0 Å². The summed E-state index contributed by atoms with van der Waals surface area (Å²) >= 11 is 1.98. The normalized spacial score (nSPS) is 16.5. The molecular formula is C14H19NO2S. The third-order valence-electron chi connectivity index (χ3n) is 3.42. The van der Waals surface area contributed by atoms with E-state index in [4.69, 9.17) is 0 Å². The van der Waals surface area contributed by atoms with Crippen LogP contribution in [0.2, 0.25) is 0 Å². The molecule has 0 aromatic heterocycles. The van der Waals surface area contributed by atoms with E-state index in [1.54, 1.807) is 36.2 Å². The number of nitrogens with zero attached hydrogens (tertiary/aromatic N) is 1. The second-order valence-electron chi connectivity index (χ2n) is 4.73. The van der Waals surface area contributed by atoms with Gasteiger partial charge in [-0.25, -0.2) is 0 Å². The number of rotatable bonds is 3. The van der Waals surface area contributed by atoms with Crippen LogP contribution in [0.5, 0.6) is 5.75 Å². The molecule has 1 fully saturated rings. The van der Waals surface area contributed by atoms with Crippen LogP contribution in [0.15, 0.2) is 24.3 Å². The Morgan fingerprint density at radius 3 is 2.56 bits per heavy atom. The summed E-state index contributed by atoms with van der Waals surface area (Å²) in [6, 6.07) is 6.75. The van der Waals surface area contributed by atoms with E-state index in [0.29, 0.717) is 12.3 Å². The molecule has 0 radical (unpaired) electrons. The first-order chi connectivity index (χ1) is 8.66. The molecule has 1 aliphatic heterocycles. The van der Waals surface area contributed by atoms with Gasteiger partial charge in [0.2, 0.25) is 5.91 Å². The number of thioether (sulfide) groups is 1. The highest BCUT2D eigenvalue weighted by Crippen LogP contribution is 2.26. The molecule has 1 amide bonds. The molecule has 3 nitrogen and oxygen atoms in total. The van der Waals surface area contributed by atoms with Gasteiger partial charge in [-0.3, -0.25) is 4.79 Å². The van der Waals surface area contributed by atoms with E-state index in [1.807, 2.05) is 11.8 Å². The van der Waals surface area contributed by atoms with Crippen molar-refractivity contribution in [3.8, 4) is 5.75 Å². The molecule has 0 atom stereocenters. The standard InChI is InChI=1S/C14H19NO2S/c1-15(12-2-4-13(16)5-3-12)14(17)10-11-6-8-18-9-7-11/h2-5,11,16H,6-10H2,1H3. The molecule has 0 bridgehead atoms. The van der Waals surface area contributed by atoms with E-state index in [0.717, 1.165) is 18.5 Å². The number of anilines is 1. The van der Waals surface area contributed by atoms with Crippen LogP contribution in [0.1, 0.15) is 19.3 Å². The van der Waals surface area contributed by atoms with Crippen molar-refractivity contribution in [1.82, 2.24) is 0 Å². The zero-order chi connectivity index (χ0) is 13.0. The Hall–Kier alpha value is -1.16. The zero-order valence-corrected chi connectivity index (χ0v) is 11.4. The number of hydrogen-bond acceptors (Lipinski definition) is 3. The van der Waals surface area contributed by atoms with Gasteiger partial charge in [-0.2, -0.15) is 11.8 Å². The first-order valence-corrected chi connectivity index (χ1v) is 7.45. The van der Waals surface area contributed by atoms with E-state index < -0.39 is 0 Å². The number of aromatic hydroxyl groups is 1. The van der Waals surface area contributed by atoms with Gasteiger partial charge in [0.15, 0.2) is 0 Å². The largest absolute Gasteiger partial charge is 0.508 e. The summed E-state index contributed by atoms with van der Waals surface area (Å²) in [6.07, 6.45) is 2.94. The maximum absolute atomic E-state index is 12.2. The summed E-state index contributed by atoms with van der Waals surface area (Å²) in [4.78, 5) is 13.8. The molecule has 1 aliphatic rings. The summed E-state index contributed by atoms with van der Waals surface area (Å²) in [5, 5.41) is 9.23. The molecule has 1 N–H and O–H groups in total. The van der Waals surface area contributed by atoms with Gasteiger partial charge in [0, 0.05) is 19.2 Å². The van der Waals surface area contributed by atoms with Crippen molar-refractivity contribution in [2.45, 2.75) is 19.3 Å². The van der Waals surface area contributed by atoms with Crippen LogP contribution in [-0.2, 0) is 4.79 Å². The summed E-state index contributed by atoms with van der Waals surface area (Å²) in [7, 11) is 1.80. The second kappa shape index (κ2) is 6.14. The SMILES string of the molecule is CN(C(=O)CC1CCSCC1)c1ccc(O)cc1. The number of carbonyl (C=O) groups excluding carboxylic acids is 1. The third kappa shape index (κ3) is 3.42. The summed E-state index contributed by atoms with van der Waals surface area (Å²) in [6.45, 7) is 0. The number of hydrogen-bond donors (Lipinski definition) is 1. The smallest absolute Gasteiger partial charge is 0.226 e. The van der Waals surface area contributed by atoms with Gasteiger partial charge in [-0.05, 0) is 54.5 Å². The minimum atomic E-state index is 0.164. The quantitative estimate of drug-likeness (QED) is 0.913. The van der Waals surface area contributed by atoms with E-state index >= 15 is 0 Å². The van der Waals surface area contributed by atoms with Crippen LogP contribution in [0.3, 0.4) is 0 Å². The number of benzene rings is 1. The average molecular weight is 265 g/mol. The molecule has 98 valence electrons. The molecule has 4 heteroatoms. The topological polar surface area (TPSA) is 40.5 Å². The highest BCUT2D eigenvalue weighted by molar-refractivity contribution is 7.99. The molecule has 18 heavy (non-hydrogen) atoms. The van der Waals surface area contributed by atoms with Gasteiger partial charge >= 0.3 is 0 Å². The molecule has 0 spiro atoms. The lowest BCUT2D eigenvalue weighted by Crippen LogP contribution is -2.29. The molecular weight excluding hydrogens is 246 g/mol. The van der Waals surface area contributed by atoms with Crippen molar-refractivity contribution in [2.24, 2.45) is 5.92 Å².